The van der Waals surface area contributed by atoms with Crippen LogP contribution in [0.3, 0.4) is 0 Å². The van der Waals surface area contributed by atoms with Gasteiger partial charge >= 0.3 is 5.97 Å². The first kappa shape index (κ1) is 10.6. The van der Waals surface area contributed by atoms with Gasteiger partial charge in [-0.05, 0) is 26.1 Å². The molecule has 0 aliphatic heterocycles. The van der Waals surface area contributed by atoms with Gasteiger partial charge in [-0.15, -0.1) is 0 Å². The Labute approximate surface area is 80.8 Å². The lowest BCUT2D eigenvalue weighted by molar-refractivity contribution is -0.144. The third kappa shape index (κ3) is 1.72. The average Bonchev–Trinajstić information content (AvgIpc) is 2.17. The predicted octanol–water partition coefficient (Wildman–Crippen LogP) is 0.740. The largest absolute Gasteiger partial charge is 0.480 e. The van der Waals surface area contributed by atoms with Crippen molar-refractivity contribution in [3.05, 3.63) is 29.8 Å². The van der Waals surface area contributed by atoms with E-state index >= 15 is 0 Å². The second-order valence-electron chi connectivity index (χ2n) is 3.04. The van der Waals surface area contributed by atoms with Crippen molar-refractivity contribution in [2.75, 3.05) is 7.05 Å². The number of pyridine rings is 1. The van der Waals surface area contributed by atoms with Crippen molar-refractivity contribution in [3.8, 4) is 0 Å². The van der Waals surface area contributed by atoms with Gasteiger partial charge in [-0.2, -0.15) is 0 Å². The smallest absolute Gasteiger partial charge is 0.329 e. The van der Waals surface area contributed by atoms with E-state index in [1.165, 1.54) is 26.1 Å². The van der Waals surface area contributed by atoms with E-state index in [1.54, 1.807) is 0 Å². The van der Waals surface area contributed by atoms with Crippen molar-refractivity contribution in [3.63, 3.8) is 0 Å². The molecule has 0 radical (unpaired) electrons. The molecule has 0 amide bonds. The fourth-order valence-corrected chi connectivity index (χ4v) is 1.02. The van der Waals surface area contributed by atoms with Crippen LogP contribution in [0.25, 0.3) is 0 Å². The normalized spacial score (nSPS) is 14.8. The Morgan fingerprint density at radius 3 is 2.64 bits per heavy atom. The van der Waals surface area contributed by atoms with Gasteiger partial charge in [0, 0.05) is 0 Å². The number of aromatic nitrogens is 1. The van der Waals surface area contributed by atoms with Gasteiger partial charge in [0.25, 0.3) is 0 Å². The standard InChI is InChI=1S/C9H11FN2O2/c1-9(11-2,8(13)14)7-4-3-6(10)5-12-7/h3-5,11H,1-2H3,(H,13,14). The van der Waals surface area contributed by atoms with Crippen molar-refractivity contribution in [2.24, 2.45) is 0 Å². The molecule has 1 heterocycles. The fraction of sp³-hybridized carbons (Fsp3) is 0.333. The molecule has 4 nitrogen and oxygen atoms in total. The summed E-state index contributed by atoms with van der Waals surface area (Å²) in [5.74, 6) is -1.54. The molecule has 0 aliphatic carbocycles. The highest BCUT2D eigenvalue weighted by molar-refractivity contribution is 5.79. The average molecular weight is 198 g/mol. The summed E-state index contributed by atoms with van der Waals surface area (Å²) in [5, 5.41) is 11.6. The minimum atomic E-state index is -1.28. The molecule has 0 saturated carbocycles. The number of likely N-dealkylation sites (N-methyl/N-ethyl adjacent to an activating group) is 1. The summed E-state index contributed by atoms with van der Waals surface area (Å²) in [4.78, 5) is 14.7. The van der Waals surface area contributed by atoms with Crippen molar-refractivity contribution < 1.29 is 14.3 Å². The molecule has 0 aromatic carbocycles. The van der Waals surface area contributed by atoms with Crippen LogP contribution in [-0.4, -0.2) is 23.1 Å². The van der Waals surface area contributed by atoms with Crippen molar-refractivity contribution in [1.29, 1.82) is 0 Å². The summed E-state index contributed by atoms with van der Waals surface area (Å²) in [5.41, 5.74) is -1.01. The number of hydrogen-bond donors (Lipinski definition) is 2. The van der Waals surface area contributed by atoms with Crippen LogP contribution in [0.5, 0.6) is 0 Å². The number of hydrogen-bond acceptors (Lipinski definition) is 3. The van der Waals surface area contributed by atoms with Crippen molar-refractivity contribution >= 4 is 5.97 Å². The second kappa shape index (κ2) is 3.71. The zero-order chi connectivity index (χ0) is 10.8. The fourth-order valence-electron chi connectivity index (χ4n) is 1.02. The monoisotopic (exact) mass is 198 g/mol. The number of carboxylic acid groups (broad SMARTS) is 1. The number of carboxylic acids is 1. The Hall–Kier alpha value is -1.49. The highest BCUT2D eigenvalue weighted by atomic mass is 19.1. The molecule has 76 valence electrons. The summed E-state index contributed by atoms with van der Waals surface area (Å²) >= 11 is 0. The predicted molar refractivity (Wildman–Crippen MR) is 48.2 cm³/mol. The maximum absolute atomic E-state index is 12.5. The lowest BCUT2D eigenvalue weighted by Crippen LogP contribution is -2.45. The second-order valence-corrected chi connectivity index (χ2v) is 3.04. The molecule has 1 atom stereocenters. The quantitative estimate of drug-likeness (QED) is 0.752. The molecule has 1 unspecified atom stereocenters. The molecular weight excluding hydrogens is 187 g/mol. The van der Waals surface area contributed by atoms with Gasteiger partial charge in [0.2, 0.25) is 0 Å². The number of halogens is 1. The van der Waals surface area contributed by atoms with Gasteiger partial charge in [-0.25, -0.2) is 9.18 Å². The van der Waals surface area contributed by atoms with E-state index in [9.17, 15) is 9.18 Å². The van der Waals surface area contributed by atoms with Crippen LogP contribution in [0.4, 0.5) is 4.39 Å². The summed E-state index contributed by atoms with van der Waals surface area (Å²) < 4.78 is 12.5. The van der Waals surface area contributed by atoms with Gasteiger partial charge in [0.15, 0.2) is 5.54 Å². The molecule has 1 aromatic rings. The SMILES string of the molecule is CNC(C)(C(=O)O)c1ccc(F)cn1. The van der Waals surface area contributed by atoms with Gasteiger partial charge in [0.1, 0.15) is 5.82 Å². The molecule has 2 N–H and O–H groups in total. The highest BCUT2D eigenvalue weighted by Gasteiger charge is 2.34. The first-order chi connectivity index (χ1) is 6.50. The molecule has 0 saturated heterocycles. The van der Waals surface area contributed by atoms with E-state index < -0.39 is 17.3 Å². The van der Waals surface area contributed by atoms with E-state index in [0.29, 0.717) is 0 Å². The van der Waals surface area contributed by atoms with Crippen molar-refractivity contribution in [2.45, 2.75) is 12.5 Å². The third-order valence-corrected chi connectivity index (χ3v) is 2.17. The van der Waals surface area contributed by atoms with Crippen LogP contribution in [0.2, 0.25) is 0 Å². The molecule has 1 rings (SSSR count). The summed E-state index contributed by atoms with van der Waals surface area (Å²) in [7, 11) is 1.51. The number of nitrogens with zero attached hydrogens (tertiary/aromatic N) is 1. The first-order valence-electron chi connectivity index (χ1n) is 4.05. The van der Waals surface area contributed by atoms with Gasteiger partial charge in [-0.1, -0.05) is 0 Å². The number of nitrogens with one attached hydrogen (secondary N) is 1. The van der Waals surface area contributed by atoms with Crippen LogP contribution < -0.4 is 5.32 Å². The van der Waals surface area contributed by atoms with E-state index in [1.807, 2.05) is 0 Å². The first-order valence-corrected chi connectivity index (χ1v) is 4.05. The molecule has 14 heavy (non-hydrogen) atoms. The zero-order valence-electron chi connectivity index (χ0n) is 7.91. The Balaban J connectivity index is 3.13. The summed E-state index contributed by atoms with van der Waals surface area (Å²) in [6.07, 6.45) is 0.994. The van der Waals surface area contributed by atoms with Gasteiger partial charge in [0.05, 0.1) is 11.9 Å². The lowest BCUT2D eigenvalue weighted by atomic mass is 9.98. The topological polar surface area (TPSA) is 62.2 Å². The summed E-state index contributed by atoms with van der Waals surface area (Å²) in [6.45, 7) is 1.47. The van der Waals surface area contributed by atoms with Crippen molar-refractivity contribution in [1.82, 2.24) is 10.3 Å². The lowest BCUT2D eigenvalue weighted by Gasteiger charge is -2.23. The number of carbonyl (C=O) groups is 1. The van der Waals surface area contributed by atoms with E-state index in [0.717, 1.165) is 6.20 Å². The molecule has 0 fully saturated rings. The maximum Gasteiger partial charge on any atom is 0.329 e. The Kier molecular flexibility index (Phi) is 2.81. The molecular formula is C9H11FN2O2. The van der Waals surface area contributed by atoms with Crippen LogP contribution in [0.15, 0.2) is 18.3 Å². The van der Waals surface area contributed by atoms with Gasteiger partial charge in [-0.3, -0.25) is 4.98 Å². The molecule has 0 spiro atoms. The maximum atomic E-state index is 12.5. The van der Waals surface area contributed by atoms with Crippen LogP contribution in [0, 0.1) is 5.82 Å². The van der Waals surface area contributed by atoms with E-state index in [4.69, 9.17) is 5.11 Å². The molecule has 0 aliphatic rings. The molecule has 0 bridgehead atoms. The van der Waals surface area contributed by atoms with Crippen LogP contribution in [0.1, 0.15) is 12.6 Å². The highest BCUT2D eigenvalue weighted by Crippen LogP contribution is 2.18. The Morgan fingerprint density at radius 1 is 1.64 bits per heavy atom. The number of aliphatic carboxylic acids is 1. The van der Waals surface area contributed by atoms with Gasteiger partial charge < -0.3 is 10.4 Å². The van der Waals surface area contributed by atoms with E-state index in [2.05, 4.69) is 10.3 Å². The minimum absolute atomic E-state index is 0.272. The zero-order valence-corrected chi connectivity index (χ0v) is 7.91. The molecule has 5 heteroatoms. The molecule has 1 aromatic heterocycles. The third-order valence-electron chi connectivity index (χ3n) is 2.17. The Morgan fingerprint density at radius 2 is 2.29 bits per heavy atom. The number of rotatable bonds is 3. The van der Waals surface area contributed by atoms with Crippen LogP contribution in [-0.2, 0) is 10.3 Å². The summed E-state index contributed by atoms with van der Waals surface area (Å²) in [6, 6.07) is 2.53. The Bertz CT molecular complexity index is 339. The van der Waals surface area contributed by atoms with E-state index in [-0.39, 0.29) is 5.69 Å². The minimum Gasteiger partial charge on any atom is -0.480 e. The van der Waals surface area contributed by atoms with Crippen LogP contribution >= 0.6 is 0 Å².